The maximum absolute atomic E-state index is 12.1. The fourth-order valence-electron chi connectivity index (χ4n) is 1.61. The summed E-state index contributed by atoms with van der Waals surface area (Å²) in [5.41, 5.74) is 0.431. The number of benzene rings is 1. The van der Waals surface area contributed by atoms with Gasteiger partial charge >= 0.3 is 12.0 Å². The van der Waals surface area contributed by atoms with Gasteiger partial charge in [0.1, 0.15) is 5.78 Å². The molecule has 0 aliphatic rings. The van der Waals surface area contributed by atoms with Crippen LogP contribution in [0.1, 0.15) is 31.4 Å². The molecule has 0 radical (unpaired) electrons. The van der Waals surface area contributed by atoms with E-state index in [9.17, 15) is 19.2 Å². The minimum absolute atomic E-state index is 0.0391. The Bertz CT molecular complexity index is 556. The maximum Gasteiger partial charge on any atom is 0.321 e. The molecule has 22 heavy (non-hydrogen) atoms. The highest BCUT2D eigenvalue weighted by Crippen LogP contribution is 2.18. The average Bonchev–Trinajstić information content (AvgIpc) is 2.51. The summed E-state index contributed by atoms with van der Waals surface area (Å²) in [6.07, 6.45) is -1.33. The first kappa shape index (κ1) is 17.4. The van der Waals surface area contributed by atoms with Crippen molar-refractivity contribution in [1.82, 2.24) is 10.6 Å². The third-order valence-electron chi connectivity index (χ3n) is 2.73. The smallest absolute Gasteiger partial charge is 0.321 e. The summed E-state index contributed by atoms with van der Waals surface area (Å²) in [6, 6.07) is 7.61. The number of esters is 1. The van der Waals surface area contributed by atoms with Gasteiger partial charge in [0.05, 0.1) is 6.42 Å². The lowest BCUT2D eigenvalue weighted by atomic mass is 10.1. The number of urea groups is 1. The van der Waals surface area contributed by atoms with Gasteiger partial charge in [0.15, 0.2) is 0 Å². The molecule has 2 N–H and O–H groups in total. The number of hydrogen-bond donors (Lipinski definition) is 2. The maximum atomic E-state index is 12.1. The summed E-state index contributed by atoms with van der Waals surface area (Å²) >= 11 is 0. The highest BCUT2D eigenvalue weighted by molar-refractivity contribution is 5.97. The number of imide groups is 1. The molecule has 3 amide bonds. The first-order valence-corrected chi connectivity index (χ1v) is 6.70. The summed E-state index contributed by atoms with van der Waals surface area (Å²) in [7, 11) is 1.36. The second-order valence-electron chi connectivity index (χ2n) is 4.55. The van der Waals surface area contributed by atoms with Gasteiger partial charge in [0, 0.05) is 19.0 Å². The Labute approximate surface area is 128 Å². The Kier molecular flexibility index (Phi) is 6.75. The molecule has 0 saturated carbocycles. The Balaban J connectivity index is 2.83. The van der Waals surface area contributed by atoms with Gasteiger partial charge in [-0.25, -0.2) is 4.79 Å². The standard InChI is InChI=1S/C15H18N2O5/c1-10(18)8-9-12(19)22-13(11-6-4-3-5-7-11)14(20)17-15(21)16-2/h3-7,13H,8-9H2,1-2H3,(H2,16,17,20,21)/t13-/m1/s1. The van der Waals surface area contributed by atoms with E-state index >= 15 is 0 Å². The van der Waals surface area contributed by atoms with Crippen LogP contribution in [0.15, 0.2) is 30.3 Å². The number of nitrogens with one attached hydrogen (secondary N) is 2. The van der Waals surface area contributed by atoms with Crippen molar-refractivity contribution in [2.45, 2.75) is 25.9 Å². The lowest BCUT2D eigenvalue weighted by Gasteiger charge is -2.17. The van der Waals surface area contributed by atoms with E-state index < -0.39 is 24.0 Å². The molecule has 0 saturated heterocycles. The van der Waals surface area contributed by atoms with Crippen molar-refractivity contribution in [3.63, 3.8) is 0 Å². The molecule has 1 aromatic rings. The topological polar surface area (TPSA) is 102 Å². The van der Waals surface area contributed by atoms with E-state index in [2.05, 4.69) is 10.6 Å². The van der Waals surface area contributed by atoms with Crippen molar-refractivity contribution in [3.05, 3.63) is 35.9 Å². The van der Waals surface area contributed by atoms with E-state index in [1.54, 1.807) is 30.3 Å². The zero-order valence-corrected chi connectivity index (χ0v) is 12.4. The molecule has 0 spiro atoms. The van der Waals surface area contributed by atoms with Crippen LogP contribution in [0.3, 0.4) is 0 Å². The molecule has 118 valence electrons. The third kappa shape index (κ3) is 5.74. The molecule has 1 aromatic carbocycles. The van der Waals surface area contributed by atoms with Gasteiger partial charge in [-0.05, 0) is 6.92 Å². The number of rotatable bonds is 6. The fraction of sp³-hybridized carbons (Fsp3) is 0.333. The van der Waals surface area contributed by atoms with E-state index in [0.29, 0.717) is 5.56 Å². The van der Waals surface area contributed by atoms with Crippen molar-refractivity contribution in [1.29, 1.82) is 0 Å². The molecule has 0 aromatic heterocycles. The zero-order chi connectivity index (χ0) is 16.5. The van der Waals surface area contributed by atoms with Crippen molar-refractivity contribution < 1.29 is 23.9 Å². The van der Waals surface area contributed by atoms with E-state index in [4.69, 9.17) is 4.74 Å². The highest BCUT2D eigenvalue weighted by Gasteiger charge is 2.26. The first-order valence-electron chi connectivity index (χ1n) is 6.70. The van der Waals surface area contributed by atoms with Crippen LogP contribution in [0.5, 0.6) is 0 Å². The monoisotopic (exact) mass is 306 g/mol. The second kappa shape index (κ2) is 8.56. The van der Waals surface area contributed by atoms with Crippen LogP contribution < -0.4 is 10.6 Å². The van der Waals surface area contributed by atoms with Gasteiger partial charge in [0.2, 0.25) is 6.10 Å². The molecule has 0 fully saturated rings. The van der Waals surface area contributed by atoms with E-state index in [-0.39, 0.29) is 18.6 Å². The van der Waals surface area contributed by atoms with Crippen molar-refractivity contribution in [2.75, 3.05) is 7.05 Å². The van der Waals surface area contributed by atoms with Gasteiger partial charge in [-0.1, -0.05) is 30.3 Å². The van der Waals surface area contributed by atoms with E-state index in [1.165, 1.54) is 14.0 Å². The predicted molar refractivity (Wildman–Crippen MR) is 77.8 cm³/mol. The fourth-order valence-corrected chi connectivity index (χ4v) is 1.61. The van der Waals surface area contributed by atoms with Crippen molar-refractivity contribution in [3.8, 4) is 0 Å². The first-order chi connectivity index (χ1) is 10.4. The van der Waals surface area contributed by atoms with Gasteiger partial charge in [-0.2, -0.15) is 0 Å². The van der Waals surface area contributed by atoms with Crippen LogP contribution in [-0.4, -0.2) is 30.7 Å². The highest BCUT2D eigenvalue weighted by atomic mass is 16.5. The van der Waals surface area contributed by atoms with Crippen LogP contribution in [0.25, 0.3) is 0 Å². The number of Topliss-reactive ketones (excluding diaryl/α,β-unsaturated/α-hetero) is 1. The van der Waals surface area contributed by atoms with Crippen LogP contribution >= 0.6 is 0 Å². The number of carbonyl (C=O) groups is 4. The molecule has 0 unspecified atom stereocenters. The van der Waals surface area contributed by atoms with Crippen LogP contribution in [-0.2, 0) is 19.1 Å². The number of ketones is 1. The summed E-state index contributed by atoms with van der Waals surface area (Å²) in [5.74, 6) is -1.60. The van der Waals surface area contributed by atoms with Crippen molar-refractivity contribution in [2.24, 2.45) is 0 Å². The van der Waals surface area contributed by atoms with Gasteiger partial charge < -0.3 is 14.8 Å². The molecule has 0 aliphatic heterocycles. The Hall–Kier alpha value is -2.70. The lowest BCUT2D eigenvalue weighted by Crippen LogP contribution is -2.41. The molecule has 0 aliphatic carbocycles. The minimum atomic E-state index is -1.25. The Morgan fingerprint density at radius 3 is 2.27 bits per heavy atom. The van der Waals surface area contributed by atoms with Crippen molar-refractivity contribution >= 4 is 23.7 Å². The number of carbonyl (C=O) groups excluding carboxylic acids is 4. The lowest BCUT2D eigenvalue weighted by molar-refractivity contribution is -0.156. The van der Waals surface area contributed by atoms with Crippen LogP contribution in [0.2, 0.25) is 0 Å². The van der Waals surface area contributed by atoms with Crippen LogP contribution in [0, 0.1) is 0 Å². The molecule has 0 bridgehead atoms. The summed E-state index contributed by atoms with van der Waals surface area (Å²) in [4.78, 5) is 45.9. The zero-order valence-electron chi connectivity index (χ0n) is 12.4. The number of ether oxygens (including phenoxy) is 1. The predicted octanol–water partition coefficient (Wildman–Crippen LogP) is 1.10. The summed E-state index contributed by atoms with van der Waals surface area (Å²) in [5, 5.41) is 4.30. The van der Waals surface area contributed by atoms with E-state index in [1.807, 2.05) is 0 Å². The summed E-state index contributed by atoms with van der Waals surface area (Å²) < 4.78 is 5.11. The second-order valence-corrected chi connectivity index (χ2v) is 4.55. The van der Waals surface area contributed by atoms with Gasteiger partial charge in [-0.3, -0.25) is 14.9 Å². The normalized spacial score (nSPS) is 11.2. The van der Waals surface area contributed by atoms with Gasteiger partial charge in [0.25, 0.3) is 5.91 Å². The molecule has 1 rings (SSSR count). The van der Waals surface area contributed by atoms with E-state index in [0.717, 1.165) is 0 Å². The number of hydrogen-bond acceptors (Lipinski definition) is 5. The Morgan fingerprint density at radius 1 is 1.09 bits per heavy atom. The largest absolute Gasteiger partial charge is 0.447 e. The minimum Gasteiger partial charge on any atom is -0.447 e. The third-order valence-corrected chi connectivity index (χ3v) is 2.73. The molecule has 1 atom stereocenters. The Morgan fingerprint density at radius 2 is 1.73 bits per heavy atom. The molecular weight excluding hydrogens is 288 g/mol. The van der Waals surface area contributed by atoms with Gasteiger partial charge in [-0.15, -0.1) is 0 Å². The molecule has 7 nitrogen and oxygen atoms in total. The quantitative estimate of drug-likeness (QED) is 0.766. The van der Waals surface area contributed by atoms with Crippen LogP contribution in [0.4, 0.5) is 4.79 Å². The summed E-state index contributed by atoms with van der Waals surface area (Å²) in [6.45, 7) is 1.36. The number of amides is 3. The molecule has 0 heterocycles. The SMILES string of the molecule is CNC(=O)NC(=O)[C@H](OC(=O)CCC(C)=O)c1ccccc1. The average molecular weight is 306 g/mol. The molecule has 7 heteroatoms. The molecular formula is C15H18N2O5.